The van der Waals surface area contributed by atoms with Crippen molar-refractivity contribution >= 4 is 45.4 Å². The highest BCUT2D eigenvalue weighted by atomic mass is 35.5. The first-order valence-corrected chi connectivity index (χ1v) is 13.9. The third-order valence-corrected chi connectivity index (χ3v) is 8.40. The van der Waals surface area contributed by atoms with Crippen molar-refractivity contribution < 1.29 is 17.4 Å². The molecule has 0 saturated carbocycles. The van der Waals surface area contributed by atoms with Crippen molar-refractivity contribution in [1.82, 2.24) is 0 Å². The molecule has 0 spiro atoms. The molecule has 2 aliphatic rings. The summed E-state index contributed by atoms with van der Waals surface area (Å²) in [6, 6.07) is 9.70. The molecule has 3 aromatic rings. The fraction of sp³-hybridized carbons (Fsp3) is 0.214. The van der Waals surface area contributed by atoms with Crippen LogP contribution in [0.4, 0.5) is 24.5 Å². The molecule has 0 saturated heterocycles. The summed E-state index contributed by atoms with van der Waals surface area (Å²) in [6.45, 7) is 2.46. The van der Waals surface area contributed by atoms with Crippen LogP contribution in [-0.2, 0) is 29.8 Å². The summed E-state index contributed by atoms with van der Waals surface area (Å²) in [5.41, 5.74) is 12.7. The predicted octanol–water partition coefficient (Wildman–Crippen LogP) is 7.99. The first-order chi connectivity index (χ1) is 17.5. The number of hydrogen-bond acceptors (Lipinski definition) is 3. The first kappa shape index (κ1) is 25.9. The van der Waals surface area contributed by atoms with Gasteiger partial charge in [0.2, 0.25) is 0 Å². The van der Waals surface area contributed by atoms with Gasteiger partial charge in [0.15, 0.2) is 0 Å². The standard InChI is InChI=1S/C28H23Cl2F3N2OS/c1-3-15-11-19-20(12-16-5-4-6-23(34)24(16)19)25(27(15)35-9-7-18(8-10-35)37(2)36)26-21(29)13-17(14-22(26)30)28(31,32)33/h4-9,11,13-14H,3,10,12,34H2,1-2H3. The maximum Gasteiger partial charge on any atom is 0.416 e. The van der Waals surface area contributed by atoms with Gasteiger partial charge in [-0.05, 0) is 71.5 Å². The highest BCUT2D eigenvalue weighted by Crippen LogP contribution is 2.53. The average molecular weight is 563 g/mol. The van der Waals surface area contributed by atoms with Crippen LogP contribution < -0.4 is 10.6 Å². The van der Waals surface area contributed by atoms with Gasteiger partial charge in [-0.25, -0.2) is 0 Å². The summed E-state index contributed by atoms with van der Waals surface area (Å²) in [4.78, 5) is 2.71. The van der Waals surface area contributed by atoms with Gasteiger partial charge in [-0.1, -0.05) is 42.3 Å². The van der Waals surface area contributed by atoms with Gasteiger partial charge < -0.3 is 10.6 Å². The molecule has 192 valence electrons. The molecular formula is C28H23Cl2F3N2OS. The van der Waals surface area contributed by atoms with E-state index in [0.717, 1.165) is 45.6 Å². The first-order valence-electron chi connectivity index (χ1n) is 11.6. The second-order valence-corrected chi connectivity index (χ2v) is 11.2. The van der Waals surface area contributed by atoms with E-state index in [-0.39, 0.29) is 10.0 Å². The van der Waals surface area contributed by atoms with Gasteiger partial charge in [0.1, 0.15) is 0 Å². The number of nitrogens with two attached hydrogens (primary N) is 1. The molecule has 37 heavy (non-hydrogen) atoms. The number of fused-ring (bicyclic) bond motifs is 3. The Kier molecular flexibility index (Phi) is 6.67. The Morgan fingerprint density at radius 3 is 2.35 bits per heavy atom. The van der Waals surface area contributed by atoms with Crippen LogP contribution in [0.2, 0.25) is 10.0 Å². The van der Waals surface area contributed by atoms with Crippen LogP contribution in [0, 0.1) is 0 Å². The Labute approximate surface area is 225 Å². The number of nitrogen functional groups attached to an aromatic ring is 1. The maximum atomic E-state index is 13.5. The van der Waals surface area contributed by atoms with Gasteiger partial charge in [-0.15, -0.1) is 0 Å². The molecule has 1 aliphatic heterocycles. The minimum Gasteiger partial charge on any atom is -0.398 e. The Morgan fingerprint density at radius 1 is 1.08 bits per heavy atom. The zero-order chi connectivity index (χ0) is 26.6. The lowest BCUT2D eigenvalue weighted by Crippen LogP contribution is -2.22. The molecule has 0 amide bonds. The van der Waals surface area contributed by atoms with Crippen LogP contribution in [0.5, 0.6) is 0 Å². The van der Waals surface area contributed by atoms with Gasteiger partial charge in [0.05, 0.1) is 21.3 Å². The Hall–Kier alpha value is -2.74. The molecule has 3 aromatic carbocycles. The summed E-state index contributed by atoms with van der Waals surface area (Å²) < 4.78 is 52.6. The highest BCUT2D eigenvalue weighted by Gasteiger charge is 2.35. The van der Waals surface area contributed by atoms with Crippen LogP contribution in [0.3, 0.4) is 0 Å². The van der Waals surface area contributed by atoms with Crippen molar-refractivity contribution in [3.63, 3.8) is 0 Å². The molecule has 1 heterocycles. The van der Waals surface area contributed by atoms with Crippen molar-refractivity contribution in [3.05, 3.63) is 92.0 Å². The van der Waals surface area contributed by atoms with Gasteiger partial charge in [0.25, 0.3) is 0 Å². The zero-order valence-electron chi connectivity index (χ0n) is 20.0. The van der Waals surface area contributed by atoms with E-state index in [1.165, 1.54) is 0 Å². The molecule has 0 radical (unpaired) electrons. The number of benzene rings is 3. The van der Waals surface area contributed by atoms with Crippen molar-refractivity contribution in [3.8, 4) is 22.3 Å². The number of alkyl halides is 3. The molecule has 1 aliphatic carbocycles. The van der Waals surface area contributed by atoms with Gasteiger partial charge in [-0.3, -0.25) is 4.21 Å². The maximum absolute atomic E-state index is 13.5. The molecule has 1 atom stereocenters. The van der Waals surface area contributed by atoms with Crippen molar-refractivity contribution in [2.45, 2.75) is 25.9 Å². The number of anilines is 2. The molecule has 0 aromatic heterocycles. The summed E-state index contributed by atoms with van der Waals surface area (Å²) in [5.74, 6) is 0. The largest absolute Gasteiger partial charge is 0.416 e. The highest BCUT2D eigenvalue weighted by molar-refractivity contribution is 7.88. The fourth-order valence-corrected chi connectivity index (χ4v) is 6.40. The van der Waals surface area contributed by atoms with E-state index < -0.39 is 22.5 Å². The Balaban J connectivity index is 1.82. The van der Waals surface area contributed by atoms with E-state index >= 15 is 0 Å². The number of nitrogens with zero attached hydrogens (tertiary/aromatic N) is 1. The molecule has 3 nitrogen and oxygen atoms in total. The average Bonchev–Trinajstić information content (AvgIpc) is 3.22. The lowest BCUT2D eigenvalue weighted by atomic mass is 9.88. The number of rotatable bonds is 4. The third kappa shape index (κ3) is 4.47. The van der Waals surface area contributed by atoms with E-state index in [4.69, 9.17) is 28.9 Å². The third-order valence-electron chi connectivity index (χ3n) is 6.83. The monoisotopic (exact) mass is 562 g/mol. The van der Waals surface area contributed by atoms with Gasteiger partial charge >= 0.3 is 6.18 Å². The smallest absolute Gasteiger partial charge is 0.398 e. The van der Waals surface area contributed by atoms with Crippen molar-refractivity contribution in [1.29, 1.82) is 0 Å². The molecule has 9 heteroatoms. The second kappa shape index (κ2) is 9.53. The topological polar surface area (TPSA) is 46.3 Å². The summed E-state index contributed by atoms with van der Waals surface area (Å²) in [5, 5.41) is -0.153. The molecular weight excluding hydrogens is 540 g/mol. The lowest BCUT2D eigenvalue weighted by molar-refractivity contribution is -0.137. The summed E-state index contributed by atoms with van der Waals surface area (Å²) >= 11 is 13.2. The minimum atomic E-state index is -4.58. The fourth-order valence-electron chi connectivity index (χ4n) is 5.16. The van der Waals surface area contributed by atoms with E-state index in [2.05, 4.69) is 6.07 Å². The lowest BCUT2D eigenvalue weighted by Gasteiger charge is -2.30. The quantitative estimate of drug-likeness (QED) is 0.256. The number of allylic oxidation sites excluding steroid dienone is 1. The molecule has 5 rings (SSSR count). The van der Waals surface area contributed by atoms with E-state index in [1.54, 1.807) is 12.3 Å². The minimum absolute atomic E-state index is 0.0765. The molecule has 1 unspecified atom stereocenters. The predicted molar refractivity (Wildman–Crippen MR) is 148 cm³/mol. The van der Waals surface area contributed by atoms with Crippen LogP contribution in [0.15, 0.2) is 59.7 Å². The molecule has 0 fully saturated rings. The number of hydrogen-bond donors (Lipinski definition) is 1. The van der Waals surface area contributed by atoms with E-state index in [0.29, 0.717) is 41.1 Å². The van der Waals surface area contributed by atoms with Crippen molar-refractivity contribution in [2.24, 2.45) is 0 Å². The summed E-state index contributed by atoms with van der Waals surface area (Å²) in [6.07, 6.45) is 3.74. The van der Waals surface area contributed by atoms with Crippen LogP contribution in [0.25, 0.3) is 22.3 Å². The SMILES string of the molecule is CCc1cc2c(c(-c3c(Cl)cc(C(F)(F)F)cc3Cl)c1N1C=CC(S(C)=O)=CC1)Cc1cccc(N)c1-2. The van der Waals surface area contributed by atoms with Crippen LogP contribution in [-0.4, -0.2) is 17.0 Å². The van der Waals surface area contributed by atoms with Crippen LogP contribution >= 0.6 is 23.2 Å². The normalized spacial score (nSPS) is 15.4. The molecule has 0 bridgehead atoms. The Morgan fingerprint density at radius 2 is 1.78 bits per heavy atom. The van der Waals surface area contributed by atoms with Crippen LogP contribution in [0.1, 0.15) is 29.2 Å². The number of halogens is 5. The van der Waals surface area contributed by atoms with E-state index in [1.807, 2.05) is 42.3 Å². The van der Waals surface area contributed by atoms with Gasteiger partial charge in [0, 0.05) is 57.1 Å². The Bertz CT molecular complexity index is 1510. The molecule has 2 N–H and O–H groups in total. The second-order valence-electron chi connectivity index (χ2n) is 9.04. The zero-order valence-corrected chi connectivity index (χ0v) is 22.4. The number of aryl methyl sites for hydroxylation is 1. The van der Waals surface area contributed by atoms with Gasteiger partial charge in [-0.2, -0.15) is 13.2 Å². The van der Waals surface area contributed by atoms with Crippen molar-refractivity contribution in [2.75, 3.05) is 23.4 Å². The summed E-state index contributed by atoms with van der Waals surface area (Å²) in [7, 11) is -1.13. The van der Waals surface area contributed by atoms with E-state index in [9.17, 15) is 17.4 Å².